The number of H-pyrrole nitrogens is 1. The van der Waals surface area contributed by atoms with Gasteiger partial charge in [0, 0.05) is 70.6 Å². The van der Waals surface area contributed by atoms with Gasteiger partial charge in [0.1, 0.15) is 37.2 Å². The minimum absolute atomic E-state index is 0.0113. The molecule has 516 valence electrons. The van der Waals surface area contributed by atoms with E-state index in [1.807, 2.05) is 56.3 Å². The number of carbonyl (C=O) groups is 10. The van der Waals surface area contributed by atoms with E-state index in [2.05, 4.69) is 41.6 Å². The Balaban J connectivity index is 1.22. The Morgan fingerprint density at radius 3 is 2.04 bits per heavy atom. The van der Waals surface area contributed by atoms with Crippen molar-refractivity contribution in [2.75, 3.05) is 53.8 Å². The van der Waals surface area contributed by atoms with E-state index in [1.165, 1.54) is 26.2 Å². The summed E-state index contributed by atoms with van der Waals surface area (Å²) >= 11 is 0. The highest BCUT2D eigenvalue weighted by Gasteiger charge is 2.44. The van der Waals surface area contributed by atoms with E-state index in [0.29, 0.717) is 48.2 Å². The second-order valence-corrected chi connectivity index (χ2v) is 24.9. The van der Waals surface area contributed by atoms with Gasteiger partial charge in [0.25, 0.3) is 0 Å². The molecule has 1 fully saturated rings. The number of ether oxygens (including phenoxy) is 4. The number of aromatic amines is 1. The number of benzene rings is 3. The van der Waals surface area contributed by atoms with Gasteiger partial charge in [0.15, 0.2) is 0 Å². The van der Waals surface area contributed by atoms with Gasteiger partial charge in [0.2, 0.25) is 41.4 Å². The number of amides is 10. The second kappa shape index (κ2) is 36.7. The molecule has 1 aromatic heterocycles. The highest BCUT2D eigenvalue weighted by Crippen LogP contribution is 2.31. The molecule has 0 unspecified atom stereocenters. The molecule has 0 bridgehead atoms. The first-order valence-electron chi connectivity index (χ1n) is 32.2. The van der Waals surface area contributed by atoms with Gasteiger partial charge in [-0.25, -0.2) is 9.59 Å². The van der Waals surface area contributed by atoms with Crippen LogP contribution in [0.1, 0.15) is 123 Å². The number of rotatable bonds is 35. The quantitative estimate of drug-likeness (QED) is 0.0162. The number of aliphatic hydroxyl groups excluding tert-OH is 1. The molecule has 1 saturated heterocycles. The molecule has 5 rings (SSSR count). The number of methoxy groups -OCH3 is 3. The summed E-state index contributed by atoms with van der Waals surface area (Å²) in [7, 11) is 7.20. The van der Waals surface area contributed by atoms with Gasteiger partial charge in [-0.15, -0.1) is 0 Å². The van der Waals surface area contributed by atoms with Crippen LogP contribution in [0.25, 0.3) is 10.9 Å². The molecule has 2 heterocycles. The number of para-hydroxylation sites is 1. The molecule has 0 spiro atoms. The zero-order valence-electron chi connectivity index (χ0n) is 56.5. The molecule has 0 aliphatic carbocycles. The van der Waals surface area contributed by atoms with Gasteiger partial charge in [-0.1, -0.05) is 116 Å². The zero-order chi connectivity index (χ0) is 69.5. The molecule has 26 heteroatoms. The number of primary amides is 1. The summed E-state index contributed by atoms with van der Waals surface area (Å²) in [5.74, 6) is -6.30. The standard InChI is InChI=1S/C68H99N11O15/c1-14-41(6)59(53(91-11)35-55(81)79-33-21-27-52(79)61(93-13)42(7)62(84)72-43(8)60(83)45-22-16-15-17-23-45)77(9)66(88)57(39(2)3)76-65(87)58(40(4)5)78(10)68(90)94-38-44-28-30-47(31-29-44)73-63(85)50(26-20-32-70-67(69)89)75-64(86)51(74-54(80)36-56(82)92-12)34-46-37-71-49-25-19-18-24-48(46)49/h15-19,22-25,28-31,37,39-43,50-53,57-61,71,83H,14,20-21,26-27,32-36,38H2,1-13H3,(H,72,84)(H,73,85)(H,74,80)(H,75,86)(H,76,87)(H3,69,70,89)/t41-,42+,43+,50-,51-,52-,53+,57-,58-,59-,60+,61+/m0/s1. The Labute approximate surface area is 551 Å². The van der Waals surface area contributed by atoms with Crippen molar-refractivity contribution in [2.45, 2.75) is 174 Å². The number of nitrogens with zero attached hydrogens (tertiary/aromatic N) is 3. The maximum atomic E-state index is 14.8. The normalized spacial score (nSPS) is 16.6. The number of fused-ring (bicyclic) bond motifs is 1. The number of carbonyl (C=O) groups excluding carboxylic acids is 10. The Bertz CT molecular complexity index is 3180. The van der Waals surface area contributed by atoms with Crippen LogP contribution in [-0.4, -0.2) is 187 Å². The molecule has 4 aromatic rings. The molecular formula is C68H99N11O15. The SMILES string of the molecule is CC[C@H](C)[C@@H]([C@@H](CC(=O)N1CCC[C@H]1[C@H](OC)[C@@H](C)C(=O)N[C@H](C)[C@@H](O)c1ccccc1)OC)N(C)C(=O)[C@@H](NC(=O)[C@H](C(C)C)N(C)C(=O)OCc1ccc(NC(=O)[C@H](CCCNC(N)=O)NC(=O)[C@H](Cc2c[nH]c3ccccc23)NC(=O)CC(=O)OC)cc1)C(C)C. The summed E-state index contributed by atoms with van der Waals surface area (Å²) in [4.78, 5) is 143. The van der Waals surface area contributed by atoms with Crippen LogP contribution in [0.4, 0.5) is 15.3 Å². The highest BCUT2D eigenvalue weighted by atomic mass is 16.6. The van der Waals surface area contributed by atoms with Crippen LogP contribution in [0.3, 0.4) is 0 Å². The van der Waals surface area contributed by atoms with Crippen LogP contribution < -0.4 is 37.6 Å². The molecule has 26 nitrogen and oxygen atoms in total. The largest absolute Gasteiger partial charge is 0.469 e. The van der Waals surface area contributed by atoms with Crippen molar-refractivity contribution in [2.24, 2.45) is 29.4 Å². The number of anilines is 1. The topological polar surface area (TPSA) is 352 Å². The molecule has 12 atom stereocenters. The second-order valence-electron chi connectivity index (χ2n) is 24.9. The molecule has 10 N–H and O–H groups in total. The number of likely N-dealkylation sites (tertiary alicyclic amines) is 1. The van der Waals surface area contributed by atoms with Gasteiger partial charge < -0.3 is 76.5 Å². The summed E-state index contributed by atoms with van der Waals surface area (Å²) in [5, 5.41) is 28.2. The number of aromatic nitrogens is 1. The fourth-order valence-corrected chi connectivity index (χ4v) is 12.1. The third-order valence-electron chi connectivity index (χ3n) is 17.5. The summed E-state index contributed by atoms with van der Waals surface area (Å²) in [6, 6.07) is 15.7. The van der Waals surface area contributed by atoms with Crippen LogP contribution in [0, 0.1) is 23.7 Å². The van der Waals surface area contributed by atoms with E-state index in [4.69, 9.17) is 19.9 Å². The fraction of sp³-hybridized carbons (Fsp3) is 0.559. The minimum Gasteiger partial charge on any atom is -0.469 e. The Hall–Kier alpha value is -8.62. The first kappa shape index (κ1) is 76.1. The monoisotopic (exact) mass is 1310 g/mol. The van der Waals surface area contributed by atoms with Crippen molar-refractivity contribution in [1.82, 2.24) is 46.3 Å². The first-order valence-corrected chi connectivity index (χ1v) is 32.2. The number of hydrogen-bond donors (Lipinski definition) is 9. The van der Waals surface area contributed by atoms with Crippen molar-refractivity contribution in [3.05, 3.63) is 102 Å². The lowest BCUT2D eigenvalue weighted by atomic mass is 9.89. The minimum atomic E-state index is -1.24. The van der Waals surface area contributed by atoms with Crippen molar-refractivity contribution in [3.63, 3.8) is 0 Å². The third kappa shape index (κ3) is 21.2. The summed E-state index contributed by atoms with van der Waals surface area (Å²) in [6.07, 6.45) is -0.163. The number of aliphatic hydroxyl groups is 1. The van der Waals surface area contributed by atoms with Gasteiger partial charge >= 0.3 is 18.1 Å². The van der Waals surface area contributed by atoms with Crippen molar-refractivity contribution in [1.29, 1.82) is 0 Å². The molecule has 0 radical (unpaired) electrons. The van der Waals surface area contributed by atoms with E-state index in [-0.39, 0.29) is 56.6 Å². The van der Waals surface area contributed by atoms with Crippen LogP contribution >= 0.6 is 0 Å². The molecule has 1 aliphatic rings. The smallest absolute Gasteiger partial charge is 0.410 e. The summed E-state index contributed by atoms with van der Waals surface area (Å²) in [6.45, 7) is 14.8. The highest BCUT2D eigenvalue weighted by molar-refractivity contribution is 6.00. The van der Waals surface area contributed by atoms with E-state index >= 15 is 0 Å². The lowest BCUT2D eigenvalue weighted by Crippen LogP contribution is -2.60. The average Bonchev–Trinajstić information content (AvgIpc) is 1.47. The van der Waals surface area contributed by atoms with Crippen LogP contribution in [0.5, 0.6) is 0 Å². The van der Waals surface area contributed by atoms with E-state index in [1.54, 1.807) is 101 Å². The predicted octanol–water partition coefficient (Wildman–Crippen LogP) is 5.22. The summed E-state index contributed by atoms with van der Waals surface area (Å²) < 4.78 is 22.4. The van der Waals surface area contributed by atoms with E-state index in [9.17, 15) is 53.1 Å². The molecule has 1 aliphatic heterocycles. The van der Waals surface area contributed by atoms with Crippen molar-refractivity contribution in [3.8, 4) is 0 Å². The average molecular weight is 1310 g/mol. The predicted molar refractivity (Wildman–Crippen MR) is 353 cm³/mol. The molecule has 0 saturated carbocycles. The Morgan fingerprint density at radius 1 is 0.755 bits per heavy atom. The fourth-order valence-electron chi connectivity index (χ4n) is 12.1. The van der Waals surface area contributed by atoms with Crippen LogP contribution in [0.2, 0.25) is 0 Å². The summed E-state index contributed by atoms with van der Waals surface area (Å²) in [5.41, 5.74) is 8.22. The number of urea groups is 1. The number of hydrogen-bond acceptors (Lipinski definition) is 15. The maximum absolute atomic E-state index is 14.8. The number of nitrogens with two attached hydrogens (primary N) is 1. The first-order chi connectivity index (χ1) is 44.6. The maximum Gasteiger partial charge on any atom is 0.410 e. The van der Waals surface area contributed by atoms with Crippen molar-refractivity contribution >= 4 is 76.0 Å². The number of nitrogens with one attached hydrogen (secondary N) is 7. The van der Waals surface area contributed by atoms with Crippen LogP contribution in [-0.2, 0) is 70.3 Å². The van der Waals surface area contributed by atoms with E-state index in [0.717, 1.165) is 18.0 Å². The van der Waals surface area contributed by atoms with E-state index < -0.39 is 132 Å². The van der Waals surface area contributed by atoms with Gasteiger partial charge in [0.05, 0.1) is 55.9 Å². The zero-order valence-corrected chi connectivity index (χ0v) is 56.5. The van der Waals surface area contributed by atoms with Gasteiger partial charge in [-0.3, -0.25) is 43.3 Å². The Morgan fingerprint density at radius 2 is 1.43 bits per heavy atom. The number of esters is 1. The lowest BCUT2D eigenvalue weighted by Gasteiger charge is -2.41. The number of likely N-dealkylation sites (N-methyl/N-ethyl adjacent to an activating group) is 2. The molecular weight excluding hydrogens is 1210 g/mol. The third-order valence-corrected chi connectivity index (χ3v) is 17.5. The lowest BCUT2D eigenvalue weighted by molar-refractivity contribution is -0.148. The molecule has 3 aromatic carbocycles. The molecule has 10 amide bonds. The van der Waals surface area contributed by atoms with Crippen LogP contribution in [0.15, 0.2) is 85.1 Å². The Kier molecular flexibility index (Phi) is 29.7. The van der Waals surface area contributed by atoms with Crippen molar-refractivity contribution < 1.29 is 72.0 Å². The molecule has 94 heavy (non-hydrogen) atoms. The van der Waals surface area contributed by atoms with Gasteiger partial charge in [-0.05, 0) is 85.3 Å². The van der Waals surface area contributed by atoms with Gasteiger partial charge in [-0.2, -0.15) is 0 Å².